The van der Waals surface area contributed by atoms with Gasteiger partial charge in [-0.15, -0.1) is 0 Å². The lowest BCUT2D eigenvalue weighted by molar-refractivity contribution is -0.139. The molecule has 0 radical (unpaired) electrons. The highest BCUT2D eigenvalue weighted by molar-refractivity contribution is 5.77. The predicted octanol–water partition coefficient (Wildman–Crippen LogP) is 0.840. The molecule has 0 spiro atoms. The third-order valence-corrected chi connectivity index (χ3v) is 2.86. The minimum absolute atomic E-state index is 0.0139. The van der Waals surface area contributed by atoms with E-state index in [1.165, 1.54) is 12.8 Å². The van der Waals surface area contributed by atoms with Gasteiger partial charge in [0.1, 0.15) is 0 Å². The Morgan fingerprint density at radius 1 is 1.35 bits per heavy atom. The van der Waals surface area contributed by atoms with Gasteiger partial charge in [0.2, 0.25) is 5.91 Å². The van der Waals surface area contributed by atoms with E-state index in [0.717, 1.165) is 0 Å². The molecular formula is C12H22N2O3. The molecule has 0 aromatic rings. The van der Waals surface area contributed by atoms with Crippen LogP contribution in [0.5, 0.6) is 0 Å². The highest BCUT2D eigenvalue weighted by atomic mass is 16.4. The van der Waals surface area contributed by atoms with Crippen molar-refractivity contribution in [2.24, 2.45) is 0 Å². The third-order valence-electron chi connectivity index (χ3n) is 2.86. The van der Waals surface area contributed by atoms with Crippen molar-refractivity contribution in [1.29, 1.82) is 0 Å². The molecule has 0 bridgehead atoms. The van der Waals surface area contributed by atoms with Gasteiger partial charge in [0, 0.05) is 31.6 Å². The summed E-state index contributed by atoms with van der Waals surface area (Å²) in [5.74, 6) is -0.825. The minimum Gasteiger partial charge on any atom is -0.481 e. The molecule has 5 nitrogen and oxygen atoms in total. The first-order chi connectivity index (χ1) is 8.00. The molecule has 0 aliphatic heterocycles. The van der Waals surface area contributed by atoms with Crippen LogP contribution in [-0.4, -0.2) is 47.1 Å². The third kappa shape index (κ3) is 5.68. The summed E-state index contributed by atoms with van der Waals surface area (Å²) in [7, 11) is 0. The van der Waals surface area contributed by atoms with Gasteiger partial charge >= 0.3 is 5.97 Å². The highest BCUT2D eigenvalue weighted by Crippen LogP contribution is 2.18. The van der Waals surface area contributed by atoms with E-state index in [1.807, 2.05) is 13.8 Å². The summed E-state index contributed by atoms with van der Waals surface area (Å²) in [6, 6.07) is 0.664. The first-order valence-corrected chi connectivity index (χ1v) is 6.25. The Labute approximate surface area is 102 Å². The van der Waals surface area contributed by atoms with Crippen molar-refractivity contribution in [3.8, 4) is 0 Å². The Hall–Kier alpha value is -1.10. The van der Waals surface area contributed by atoms with E-state index in [1.54, 1.807) is 4.90 Å². The Morgan fingerprint density at radius 3 is 2.47 bits per heavy atom. The molecule has 0 aromatic carbocycles. The predicted molar refractivity (Wildman–Crippen MR) is 64.7 cm³/mol. The minimum atomic E-state index is -0.862. The van der Waals surface area contributed by atoms with Crippen LogP contribution >= 0.6 is 0 Å². The van der Waals surface area contributed by atoms with E-state index in [2.05, 4.69) is 5.32 Å². The maximum Gasteiger partial charge on any atom is 0.305 e. The van der Waals surface area contributed by atoms with E-state index in [9.17, 15) is 9.59 Å². The van der Waals surface area contributed by atoms with Gasteiger partial charge in [-0.1, -0.05) is 0 Å². The maximum atomic E-state index is 11.9. The quantitative estimate of drug-likeness (QED) is 0.662. The fraction of sp³-hybridized carbons (Fsp3) is 0.833. The van der Waals surface area contributed by atoms with Crippen molar-refractivity contribution in [2.75, 3.05) is 13.1 Å². The van der Waals surface area contributed by atoms with Crippen LogP contribution in [-0.2, 0) is 9.59 Å². The Kier molecular flexibility index (Phi) is 5.41. The van der Waals surface area contributed by atoms with Crippen molar-refractivity contribution in [1.82, 2.24) is 10.2 Å². The molecule has 1 amide bonds. The number of carboxylic acid groups (broad SMARTS) is 1. The molecular weight excluding hydrogens is 220 g/mol. The number of carbonyl (C=O) groups is 2. The normalized spacial score (nSPS) is 15.0. The van der Waals surface area contributed by atoms with Gasteiger partial charge in [0.05, 0.1) is 6.42 Å². The van der Waals surface area contributed by atoms with Gasteiger partial charge in [-0.25, -0.2) is 0 Å². The number of carboxylic acids is 1. The van der Waals surface area contributed by atoms with Crippen LogP contribution in [0, 0.1) is 0 Å². The summed E-state index contributed by atoms with van der Waals surface area (Å²) >= 11 is 0. The summed E-state index contributed by atoms with van der Waals surface area (Å²) < 4.78 is 0. The van der Waals surface area contributed by atoms with Gasteiger partial charge in [-0.05, 0) is 26.7 Å². The van der Waals surface area contributed by atoms with Crippen LogP contribution in [0.4, 0.5) is 0 Å². The second-order valence-corrected chi connectivity index (χ2v) is 4.80. The first kappa shape index (κ1) is 14.0. The monoisotopic (exact) mass is 242 g/mol. The Morgan fingerprint density at radius 2 is 2.00 bits per heavy atom. The molecule has 0 aromatic heterocycles. The van der Waals surface area contributed by atoms with Crippen LogP contribution in [0.3, 0.4) is 0 Å². The number of rotatable bonds is 8. The second-order valence-electron chi connectivity index (χ2n) is 4.80. The van der Waals surface area contributed by atoms with Gasteiger partial charge in [-0.2, -0.15) is 0 Å². The van der Waals surface area contributed by atoms with E-state index < -0.39 is 5.97 Å². The number of carbonyl (C=O) groups excluding carboxylic acids is 1. The van der Waals surface area contributed by atoms with Crippen LogP contribution in [0.15, 0.2) is 0 Å². The summed E-state index contributed by atoms with van der Waals surface area (Å²) in [4.78, 5) is 24.0. The molecule has 1 aliphatic rings. The number of aliphatic carboxylic acids is 1. The van der Waals surface area contributed by atoms with E-state index in [-0.39, 0.29) is 18.4 Å². The molecule has 98 valence electrons. The van der Waals surface area contributed by atoms with Crippen molar-refractivity contribution in [2.45, 2.75) is 51.6 Å². The van der Waals surface area contributed by atoms with Gasteiger partial charge < -0.3 is 15.3 Å². The first-order valence-electron chi connectivity index (χ1n) is 6.25. The molecule has 1 rings (SSSR count). The topological polar surface area (TPSA) is 69.6 Å². The zero-order valence-electron chi connectivity index (χ0n) is 10.6. The SMILES string of the molecule is CC(C)N(CCC(=O)O)C(=O)CCNC1CC1. The summed E-state index contributed by atoms with van der Waals surface area (Å²) in [6.07, 6.45) is 2.89. The lowest BCUT2D eigenvalue weighted by Gasteiger charge is -2.26. The number of hydrogen-bond donors (Lipinski definition) is 2. The van der Waals surface area contributed by atoms with Crippen molar-refractivity contribution in [3.05, 3.63) is 0 Å². The van der Waals surface area contributed by atoms with E-state index in [0.29, 0.717) is 25.6 Å². The fourth-order valence-electron chi connectivity index (χ4n) is 1.70. The second kappa shape index (κ2) is 6.59. The number of hydrogen-bond acceptors (Lipinski definition) is 3. The smallest absolute Gasteiger partial charge is 0.305 e. The molecule has 17 heavy (non-hydrogen) atoms. The van der Waals surface area contributed by atoms with Crippen LogP contribution in [0.1, 0.15) is 39.5 Å². The molecule has 0 heterocycles. The largest absolute Gasteiger partial charge is 0.481 e. The molecule has 1 aliphatic carbocycles. The highest BCUT2D eigenvalue weighted by Gasteiger charge is 2.22. The lowest BCUT2D eigenvalue weighted by Crippen LogP contribution is -2.39. The number of nitrogens with zero attached hydrogens (tertiary/aromatic N) is 1. The average molecular weight is 242 g/mol. The molecule has 5 heteroatoms. The zero-order valence-corrected chi connectivity index (χ0v) is 10.6. The van der Waals surface area contributed by atoms with Crippen LogP contribution in [0.25, 0.3) is 0 Å². The van der Waals surface area contributed by atoms with Crippen LogP contribution in [0.2, 0.25) is 0 Å². The lowest BCUT2D eigenvalue weighted by atomic mass is 10.2. The van der Waals surface area contributed by atoms with Gasteiger partial charge in [0.15, 0.2) is 0 Å². The Balaban J connectivity index is 2.27. The molecule has 2 N–H and O–H groups in total. The summed E-state index contributed by atoms with van der Waals surface area (Å²) in [6.45, 7) is 4.82. The van der Waals surface area contributed by atoms with E-state index in [4.69, 9.17) is 5.11 Å². The van der Waals surface area contributed by atoms with Gasteiger partial charge in [-0.3, -0.25) is 9.59 Å². The summed E-state index contributed by atoms with van der Waals surface area (Å²) in [5, 5.41) is 11.9. The molecule has 0 atom stereocenters. The molecule has 0 saturated heterocycles. The Bertz CT molecular complexity index is 275. The summed E-state index contributed by atoms with van der Waals surface area (Å²) in [5.41, 5.74) is 0. The maximum absolute atomic E-state index is 11.9. The van der Waals surface area contributed by atoms with E-state index >= 15 is 0 Å². The van der Waals surface area contributed by atoms with Crippen LogP contribution < -0.4 is 5.32 Å². The fourth-order valence-corrected chi connectivity index (χ4v) is 1.70. The number of amides is 1. The molecule has 0 unspecified atom stereocenters. The zero-order chi connectivity index (χ0) is 12.8. The molecule has 1 saturated carbocycles. The average Bonchev–Trinajstić information content (AvgIpc) is 3.00. The standard InChI is InChI=1S/C12H22N2O3/c1-9(2)14(8-6-12(16)17)11(15)5-7-13-10-3-4-10/h9-10,13H,3-8H2,1-2H3,(H,16,17). The van der Waals surface area contributed by atoms with Gasteiger partial charge in [0.25, 0.3) is 0 Å². The molecule has 1 fully saturated rings. The van der Waals surface area contributed by atoms with Crippen molar-refractivity contribution < 1.29 is 14.7 Å². The van der Waals surface area contributed by atoms with Crippen molar-refractivity contribution in [3.63, 3.8) is 0 Å². The number of nitrogens with one attached hydrogen (secondary N) is 1. The van der Waals surface area contributed by atoms with Crippen molar-refractivity contribution >= 4 is 11.9 Å².